The van der Waals surface area contributed by atoms with Crippen LogP contribution in [-0.2, 0) is 9.53 Å². The van der Waals surface area contributed by atoms with E-state index in [1.807, 2.05) is 40.9 Å². The molecule has 3 rings (SSSR count). The van der Waals surface area contributed by atoms with E-state index >= 15 is 0 Å². The van der Waals surface area contributed by atoms with Crippen molar-refractivity contribution < 1.29 is 14.6 Å². The maximum Gasteiger partial charge on any atom is 0.337 e. The number of anilines is 1. The zero-order valence-corrected chi connectivity index (χ0v) is 21.8. The van der Waals surface area contributed by atoms with Crippen molar-refractivity contribution >= 4 is 23.4 Å². The van der Waals surface area contributed by atoms with Crippen LogP contribution in [0.3, 0.4) is 0 Å². The second-order valence-electron chi connectivity index (χ2n) is 10.5. The first kappa shape index (κ1) is 25.4. The highest BCUT2D eigenvalue weighted by molar-refractivity contribution is 7.98. The summed E-state index contributed by atoms with van der Waals surface area (Å²) in [5, 5.41) is 10.9. The Kier molecular flexibility index (Phi) is 7.39. The number of rotatable bonds is 6. The molecule has 0 aromatic carbocycles. The summed E-state index contributed by atoms with van der Waals surface area (Å²) in [5.74, 6) is -1.02. The van der Waals surface area contributed by atoms with E-state index in [0.717, 1.165) is 48.4 Å². The molecule has 180 valence electrons. The summed E-state index contributed by atoms with van der Waals surface area (Å²) in [6.45, 7) is 15.7. The predicted molar refractivity (Wildman–Crippen MR) is 133 cm³/mol. The van der Waals surface area contributed by atoms with E-state index in [2.05, 4.69) is 28.7 Å². The van der Waals surface area contributed by atoms with Gasteiger partial charge in [0.1, 0.15) is 0 Å². The molecule has 1 aliphatic heterocycles. The van der Waals surface area contributed by atoms with Gasteiger partial charge in [-0.3, -0.25) is 4.98 Å². The molecule has 1 saturated heterocycles. The second kappa shape index (κ2) is 9.58. The van der Waals surface area contributed by atoms with Crippen molar-refractivity contribution in [1.29, 1.82) is 0 Å². The van der Waals surface area contributed by atoms with E-state index in [1.165, 1.54) is 11.8 Å². The Balaban J connectivity index is 2.28. The van der Waals surface area contributed by atoms with Crippen LogP contribution in [0, 0.1) is 19.3 Å². The molecular formula is C25H36N4O3S. The van der Waals surface area contributed by atoms with E-state index in [-0.39, 0.29) is 5.41 Å². The van der Waals surface area contributed by atoms with E-state index in [1.54, 1.807) is 12.4 Å². The van der Waals surface area contributed by atoms with E-state index < -0.39 is 17.7 Å². The molecule has 0 amide bonds. The van der Waals surface area contributed by atoms with Gasteiger partial charge in [0.2, 0.25) is 0 Å². The van der Waals surface area contributed by atoms with Gasteiger partial charge < -0.3 is 14.7 Å². The minimum Gasteiger partial charge on any atom is -0.479 e. The number of carboxylic acid groups (broad SMARTS) is 1. The molecule has 2 aromatic heterocycles. The average Bonchev–Trinajstić information content (AvgIpc) is 2.71. The fourth-order valence-corrected chi connectivity index (χ4v) is 4.62. The second-order valence-corrected chi connectivity index (χ2v) is 11.3. The average molecular weight is 473 g/mol. The molecule has 1 atom stereocenters. The number of pyridine rings is 1. The normalized spacial score (nSPS) is 17.2. The van der Waals surface area contributed by atoms with Crippen molar-refractivity contribution in [2.24, 2.45) is 5.41 Å². The number of hydrogen-bond donors (Lipinski definition) is 1. The number of carboxylic acids is 1. The Bertz CT molecular complexity index is 1010. The SMILES string of the molecule is CSc1ncc(-c2c(C)nc(C)c([C@H](OC(C)(C)C)C(=O)O)c2N2CCC(C)(C)CC2)cn1. The molecule has 0 spiro atoms. The zero-order chi connectivity index (χ0) is 24.6. The molecule has 0 radical (unpaired) electrons. The monoisotopic (exact) mass is 472 g/mol. The standard InChI is InChI=1S/C25H36N4O3S/c1-15-18(17-13-26-23(33-8)27-14-17)20(29-11-9-25(6,7)10-12-29)19(16(2)28-15)21(22(30)31)32-24(3,4)5/h13-14,21H,9-12H2,1-8H3,(H,30,31)/t21-/m0/s1. The van der Waals surface area contributed by atoms with Crippen LogP contribution in [0.2, 0.25) is 0 Å². The molecule has 1 aliphatic rings. The molecule has 8 heteroatoms. The molecule has 0 aliphatic carbocycles. The first-order chi connectivity index (χ1) is 15.3. The summed E-state index contributed by atoms with van der Waals surface area (Å²) in [5.41, 5.74) is 4.34. The Hall–Kier alpha value is -2.19. The van der Waals surface area contributed by atoms with Gasteiger partial charge in [-0.1, -0.05) is 25.6 Å². The fraction of sp³-hybridized carbons (Fsp3) is 0.600. The minimum absolute atomic E-state index is 0.255. The smallest absolute Gasteiger partial charge is 0.337 e. The lowest BCUT2D eigenvalue weighted by atomic mass is 9.82. The van der Waals surface area contributed by atoms with Gasteiger partial charge in [-0.25, -0.2) is 14.8 Å². The molecule has 7 nitrogen and oxygen atoms in total. The minimum atomic E-state index is -1.13. The number of aliphatic carboxylic acids is 1. The molecule has 1 fully saturated rings. The topological polar surface area (TPSA) is 88.4 Å². The van der Waals surface area contributed by atoms with E-state index in [0.29, 0.717) is 16.4 Å². The van der Waals surface area contributed by atoms with Crippen LogP contribution in [0.4, 0.5) is 5.69 Å². The summed E-state index contributed by atoms with van der Waals surface area (Å²) >= 11 is 1.48. The van der Waals surface area contributed by atoms with Gasteiger partial charge in [0, 0.05) is 53.6 Å². The van der Waals surface area contributed by atoms with Gasteiger partial charge in [-0.15, -0.1) is 0 Å². The van der Waals surface area contributed by atoms with Crippen molar-refractivity contribution in [2.75, 3.05) is 24.2 Å². The molecular weight excluding hydrogens is 436 g/mol. The molecule has 33 heavy (non-hydrogen) atoms. The fourth-order valence-electron chi connectivity index (χ4n) is 4.31. The summed E-state index contributed by atoms with van der Waals surface area (Å²) in [6, 6.07) is 0. The quantitative estimate of drug-likeness (QED) is 0.439. The number of aryl methyl sites for hydroxylation is 2. The van der Waals surface area contributed by atoms with Crippen LogP contribution in [0.15, 0.2) is 17.6 Å². The van der Waals surface area contributed by atoms with Crippen LogP contribution >= 0.6 is 11.8 Å². The first-order valence-electron chi connectivity index (χ1n) is 11.4. The summed E-state index contributed by atoms with van der Waals surface area (Å²) in [7, 11) is 0. The van der Waals surface area contributed by atoms with Crippen molar-refractivity contribution in [1.82, 2.24) is 15.0 Å². The maximum absolute atomic E-state index is 12.5. The summed E-state index contributed by atoms with van der Waals surface area (Å²) in [6.07, 6.45) is 6.46. The number of thioether (sulfide) groups is 1. The maximum atomic E-state index is 12.5. The Morgan fingerprint density at radius 2 is 1.73 bits per heavy atom. The highest BCUT2D eigenvalue weighted by Crippen LogP contribution is 2.44. The van der Waals surface area contributed by atoms with Gasteiger partial charge in [0.25, 0.3) is 0 Å². The lowest BCUT2D eigenvalue weighted by Crippen LogP contribution is -2.39. The third-order valence-corrected chi connectivity index (χ3v) is 6.65. The molecule has 0 saturated carbocycles. The largest absolute Gasteiger partial charge is 0.479 e. The first-order valence-corrected chi connectivity index (χ1v) is 12.6. The van der Waals surface area contributed by atoms with Gasteiger partial charge in [0.15, 0.2) is 11.3 Å². The van der Waals surface area contributed by atoms with Crippen LogP contribution in [0.1, 0.15) is 70.5 Å². The Morgan fingerprint density at radius 1 is 1.15 bits per heavy atom. The molecule has 2 aromatic rings. The van der Waals surface area contributed by atoms with Crippen LogP contribution < -0.4 is 4.90 Å². The number of aromatic nitrogens is 3. The number of ether oxygens (including phenoxy) is 1. The van der Waals surface area contributed by atoms with Crippen molar-refractivity contribution in [3.05, 3.63) is 29.3 Å². The van der Waals surface area contributed by atoms with E-state index in [4.69, 9.17) is 9.72 Å². The molecule has 1 N–H and O–H groups in total. The third-order valence-electron chi connectivity index (χ3n) is 6.07. The van der Waals surface area contributed by atoms with Crippen LogP contribution in [-0.4, -0.2) is 51.0 Å². The lowest BCUT2D eigenvalue weighted by molar-refractivity contribution is -0.160. The lowest BCUT2D eigenvalue weighted by Gasteiger charge is -2.41. The van der Waals surface area contributed by atoms with Crippen LogP contribution in [0.25, 0.3) is 11.1 Å². The van der Waals surface area contributed by atoms with Gasteiger partial charge >= 0.3 is 5.97 Å². The molecule has 3 heterocycles. The number of carbonyl (C=O) groups is 1. The van der Waals surface area contributed by atoms with E-state index in [9.17, 15) is 9.90 Å². The Labute approximate surface area is 201 Å². The van der Waals surface area contributed by atoms with Crippen molar-refractivity contribution in [3.63, 3.8) is 0 Å². The highest BCUT2D eigenvalue weighted by atomic mass is 32.2. The number of nitrogens with zero attached hydrogens (tertiary/aromatic N) is 4. The Morgan fingerprint density at radius 3 is 2.21 bits per heavy atom. The zero-order valence-electron chi connectivity index (χ0n) is 21.0. The number of hydrogen-bond acceptors (Lipinski definition) is 7. The molecule has 0 bridgehead atoms. The van der Waals surface area contributed by atoms with Crippen LogP contribution in [0.5, 0.6) is 0 Å². The number of piperidine rings is 1. The summed E-state index contributed by atoms with van der Waals surface area (Å²) < 4.78 is 6.11. The van der Waals surface area contributed by atoms with Gasteiger partial charge in [-0.2, -0.15) is 0 Å². The van der Waals surface area contributed by atoms with Gasteiger partial charge in [0.05, 0.1) is 11.3 Å². The third kappa shape index (κ3) is 5.84. The predicted octanol–water partition coefficient (Wildman–Crippen LogP) is 5.44. The van der Waals surface area contributed by atoms with Crippen molar-refractivity contribution in [3.8, 4) is 11.1 Å². The molecule has 0 unspecified atom stereocenters. The summed E-state index contributed by atoms with van der Waals surface area (Å²) in [4.78, 5) is 28.5. The van der Waals surface area contributed by atoms with Gasteiger partial charge in [-0.05, 0) is 59.1 Å². The van der Waals surface area contributed by atoms with Crippen molar-refractivity contribution in [2.45, 2.75) is 78.2 Å². The highest BCUT2D eigenvalue weighted by Gasteiger charge is 2.36.